The van der Waals surface area contributed by atoms with Gasteiger partial charge < -0.3 is 5.11 Å². The Bertz CT molecular complexity index is 923. The molecule has 1 aromatic heterocycles. The predicted molar refractivity (Wildman–Crippen MR) is 112 cm³/mol. The van der Waals surface area contributed by atoms with Crippen molar-refractivity contribution in [2.24, 2.45) is 5.92 Å². The minimum atomic E-state index is -0.835. The van der Waals surface area contributed by atoms with E-state index >= 15 is 0 Å². The molecule has 0 saturated carbocycles. The Kier molecular flexibility index (Phi) is 6.49. The summed E-state index contributed by atoms with van der Waals surface area (Å²) < 4.78 is 1.82. The number of hydrogen-bond acceptors (Lipinski definition) is 3. The number of aromatic nitrogens is 2. The number of carboxylic acid groups (broad SMARTS) is 1. The molecular weight excluding hydrogens is 374 g/mol. The molecule has 0 aliphatic carbocycles. The molecule has 3 rings (SSSR count). The van der Waals surface area contributed by atoms with E-state index in [1.54, 1.807) is 0 Å². The van der Waals surface area contributed by atoms with Crippen molar-refractivity contribution in [3.63, 3.8) is 0 Å². The van der Waals surface area contributed by atoms with Crippen molar-refractivity contribution in [1.82, 2.24) is 15.1 Å². The number of carboxylic acids is 1. The summed E-state index contributed by atoms with van der Waals surface area (Å²) in [4.78, 5) is 11.6. The molecule has 0 saturated heterocycles. The van der Waals surface area contributed by atoms with Gasteiger partial charge >= 0.3 is 5.97 Å². The number of aliphatic carboxylic acids is 1. The highest BCUT2D eigenvalue weighted by atomic mass is 35.5. The molecule has 0 unspecified atom stereocenters. The van der Waals surface area contributed by atoms with Gasteiger partial charge in [0, 0.05) is 28.9 Å². The third-order valence-corrected chi connectivity index (χ3v) is 5.17. The van der Waals surface area contributed by atoms with Crippen LogP contribution in [0.4, 0.5) is 0 Å². The summed E-state index contributed by atoms with van der Waals surface area (Å²) in [7, 11) is 0. The van der Waals surface area contributed by atoms with Crippen LogP contribution in [0, 0.1) is 5.92 Å². The normalized spacial score (nSPS) is 13.2. The highest BCUT2D eigenvalue weighted by Crippen LogP contribution is 2.25. The number of benzene rings is 2. The van der Waals surface area contributed by atoms with Crippen LogP contribution in [0.3, 0.4) is 0 Å². The van der Waals surface area contributed by atoms with Gasteiger partial charge in [0.05, 0.1) is 11.4 Å². The maximum absolute atomic E-state index is 11.6. The molecule has 0 spiro atoms. The van der Waals surface area contributed by atoms with E-state index in [1.807, 2.05) is 79.3 Å². The summed E-state index contributed by atoms with van der Waals surface area (Å²) in [5.41, 5.74) is 3.62. The third kappa shape index (κ3) is 4.61. The van der Waals surface area contributed by atoms with Crippen LogP contribution in [0.5, 0.6) is 0 Å². The third-order valence-electron chi connectivity index (χ3n) is 4.92. The van der Waals surface area contributed by atoms with Crippen molar-refractivity contribution >= 4 is 17.6 Å². The van der Waals surface area contributed by atoms with Crippen LogP contribution in [0.2, 0.25) is 5.02 Å². The lowest BCUT2D eigenvalue weighted by molar-refractivity contribution is -0.140. The van der Waals surface area contributed by atoms with E-state index in [0.717, 1.165) is 28.9 Å². The molecule has 5 nitrogen and oxygen atoms in total. The predicted octanol–water partition coefficient (Wildman–Crippen LogP) is 4.78. The Hall–Kier alpha value is -2.63. The Morgan fingerprint density at radius 3 is 2.46 bits per heavy atom. The molecular formula is C22H24ClN3O2. The van der Waals surface area contributed by atoms with Gasteiger partial charge in [-0.25, -0.2) is 4.68 Å². The van der Waals surface area contributed by atoms with E-state index in [2.05, 4.69) is 5.32 Å². The molecule has 2 N–H and O–H groups in total. The van der Waals surface area contributed by atoms with Crippen LogP contribution in [0.25, 0.3) is 16.9 Å². The maximum atomic E-state index is 11.6. The zero-order chi connectivity index (χ0) is 20.1. The smallest absolute Gasteiger partial charge is 0.320 e. The van der Waals surface area contributed by atoms with E-state index in [9.17, 15) is 9.90 Å². The fourth-order valence-electron chi connectivity index (χ4n) is 3.09. The van der Waals surface area contributed by atoms with Crippen molar-refractivity contribution in [2.45, 2.75) is 32.9 Å². The van der Waals surface area contributed by atoms with Gasteiger partial charge in [0.15, 0.2) is 0 Å². The second kappa shape index (κ2) is 9.04. The molecule has 0 aliphatic rings. The molecule has 0 amide bonds. The average molecular weight is 398 g/mol. The fourth-order valence-corrected chi connectivity index (χ4v) is 3.22. The zero-order valence-electron chi connectivity index (χ0n) is 16.0. The molecule has 1 heterocycles. The Morgan fingerprint density at radius 1 is 1.18 bits per heavy atom. The molecule has 0 bridgehead atoms. The van der Waals surface area contributed by atoms with Gasteiger partial charge in [-0.15, -0.1) is 0 Å². The molecule has 2 aromatic carbocycles. The molecule has 146 valence electrons. The molecule has 2 atom stereocenters. The lowest BCUT2D eigenvalue weighted by atomic mass is 9.99. The number of rotatable bonds is 8. The van der Waals surface area contributed by atoms with Gasteiger partial charge in [-0.2, -0.15) is 5.10 Å². The van der Waals surface area contributed by atoms with Gasteiger partial charge in [-0.1, -0.05) is 62.2 Å². The highest BCUT2D eigenvalue weighted by Gasteiger charge is 2.23. The van der Waals surface area contributed by atoms with Gasteiger partial charge in [-0.3, -0.25) is 10.1 Å². The first-order valence-corrected chi connectivity index (χ1v) is 9.73. The minimum Gasteiger partial charge on any atom is -0.480 e. The lowest BCUT2D eigenvalue weighted by Crippen LogP contribution is -2.41. The molecule has 6 heteroatoms. The summed E-state index contributed by atoms with van der Waals surface area (Å²) in [5.74, 6) is -0.807. The van der Waals surface area contributed by atoms with E-state index in [4.69, 9.17) is 16.7 Å². The Morgan fingerprint density at radius 2 is 1.86 bits per heavy atom. The SMILES string of the molecule is CC[C@H](C)[C@H](NCc1cn(-c2ccccc2)nc1-c1ccc(Cl)cc1)C(=O)O. The first-order chi connectivity index (χ1) is 13.5. The first-order valence-electron chi connectivity index (χ1n) is 9.35. The fraction of sp³-hybridized carbons (Fsp3) is 0.273. The van der Waals surface area contributed by atoms with Crippen molar-refractivity contribution in [3.8, 4) is 16.9 Å². The number of carbonyl (C=O) groups is 1. The summed E-state index contributed by atoms with van der Waals surface area (Å²) >= 11 is 6.03. The minimum absolute atomic E-state index is 0.0284. The molecule has 28 heavy (non-hydrogen) atoms. The van der Waals surface area contributed by atoms with E-state index < -0.39 is 12.0 Å². The van der Waals surface area contributed by atoms with Crippen molar-refractivity contribution < 1.29 is 9.90 Å². The molecule has 3 aromatic rings. The van der Waals surface area contributed by atoms with Gasteiger partial charge in [0.25, 0.3) is 0 Å². The summed E-state index contributed by atoms with van der Waals surface area (Å²) in [6, 6.07) is 16.7. The van der Waals surface area contributed by atoms with E-state index in [0.29, 0.717) is 11.6 Å². The quantitative estimate of drug-likeness (QED) is 0.574. The zero-order valence-corrected chi connectivity index (χ0v) is 16.7. The van der Waals surface area contributed by atoms with Crippen molar-refractivity contribution in [3.05, 3.63) is 71.4 Å². The van der Waals surface area contributed by atoms with Crippen LogP contribution >= 0.6 is 11.6 Å². The van der Waals surface area contributed by atoms with E-state index in [1.165, 1.54) is 0 Å². The Labute approximate surface area is 170 Å². The van der Waals surface area contributed by atoms with Gasteiger partial charge in [0.2, 0.25) is 0 Å². The monoisotopic (exact) mass is 397 g/mol. The maximum Gasteiger partial charge on any atom is 0.320 e. The van der Waals surface area contributed by atoms with Crippen molar-refractivity contribution in [2.75, 3.05) is 0 Å². The first kappa shape index (κ1) is 20.1. The van der Waals surface area contributed by atoms with Crippen LogP contribution < -0.4 is 5.32 Å². The largest absolute Gasteiger partial charge is 0.480 e. The molecule has 0 aliphatic heterocycles. The highest BCUT2D eigenvalue weighted by molar-refractivity contribution is 6.30. The van der Waals surface area contributed by atoms with Crippen LogP contribution in [0.1, 0.15) is 25.8 Å². The summed E-state index contributed by atoms with van der Waals surface area (Å²) in [5, 5.41) is 18.2. The average Bonchev–Trinajstić information content (AvgIpc) is 3.13. The van der Waals surface area contributed by atoms with Crippen LogP contribution in [0.15, 0.2) is 60.8 Å². The van der Waals surface area contributed by atoms with Gasteiger partial charge in [0.1, 0.15) is 6.04 Å². The second-order valence-corrected chi connectivity index (χ2v) is 7.31. The molecule has 0 fully saturated rings. The molecule has 0 radical (unpaired) electrons. The van der Waals surface area contributed by atoms with Crippen LogP contribution in [-0.4, -0.2) is 26.9 Å². The number of para-hydroxylation sites is 1. The topological polar surface area (TPSA) is 67.2 Å². The summed E-state index contributed by atoms with van der Waals surface area (Å²) in [6.07, 6.45) is 2.74. The lowest BCUT2D eigenvalue weighted by Gasteiger charge is -2.20. The number of nitrogens with one attached hydrogen (secondary N) is 1. The Balaban J connectivity index is 1.95. The van der Waals surface area contributed by atoms with Gasteiger partial charge in [-0.05, 0) is 30.2 Å². The standard InChI is InChI=1S/C22H24ClN3O2/c1-3-15(2)20(22(27)28)24-13-17-14-26(19-7-5-4-6-8-19)25-21(17)16-9-11-18(23)12-10-16/h4-12,14-15,20,24H,3,13H2,1-2H3,(H,27,28)/t15-,20-/m0/s1. The number of halogens is 1. The van der Waals surface area contributed by atoms with Crippen LogP contribution in [-0.2, 0) is 11.3 Å². The number of nitrogens with zero attached hydrogens (tertiary/aromatic N) is 2. The van der Waals surface area contributed by atoms with Crippen molar-refractivity contribution in [1.29, 1.82) is 0 Å². The van der Waals surface area contributed by atoms with E-state index in [-0.39, 0.29) is 5.92 Å². The number of hydrogen-bond donors (Lipinski definition) is 2. The summed E-state index contributed by atoms with van der Waals surface area (Å²) in [6.45, 7) is 4.35. The second-order valence-electron chi connectivity index (χ2n) is 6.87.